The smallest absolute Gasteiger partial charge is 0.228 e. The van der Waals surface area contributed by atoms with Gasteiger partial charge < -0.3 is 31.0 Å². The van der Waals surface area contributed by atoms with Crippen LogP contribution < -0.4 is 16.4 Å². The zero-order chi connectivity index (χ0) is 22.1. The lowest BCUT2D eigenvalue weighted by Crippen LogP contribution is -2.99. The van der Waals surface area contributed by atoms with Crippen LogP contribution in [0.4, 0.5) is 17.5 Å². The summed E-state index contributed by atoms with van der Waals surface area (Å²) >= 11 is 0. The Morgan fingerprint density at radius 2 is 2.00 bits per heavy atom. The SMILES string of the molecule is Nc1ncnc2c1nc(NN=Cc1ccc([NH+]([O-])O)cc1)n2[C@H]1O[C@@H](CO)[C@@H](O)[C@H]1O. The average molecular weight is 432 g/mol. The number of hydrogen-bond acceptors (Lipinski definition) is 12. The Kier molecular flexibility index (Phi) is 5.75. The Morgan fingerprint density at radius 1 is 1.26 bits per heavy atom. The highest BCUT2D eigenvalue weighted by Crippen LogP contribution is 2.35. The number of fused-ring (bicyclic) bond motifs is 1. The fourth-order valence-electron chi connectivity index (χ4n) is 3.22. The van der Waals surface area contributed by atoms with Gasteiger partial charge >= 0.3 is 0 Å². The molecular formula is C17H20N8O6. The van der Waals surface area contributed by atoms with E-state index in [1.165, 1.54) is 29.2 Å². The van der Waals surface area contributed by atoms with Gasteiger partial charge in [-0.25, -0.2) is 25.6 Å². The fourth-order valence-corrected chi connectivity index (χ4v) is 3.22. The van der Waals surface area contributed by atoms with Gasteiger partial charge in [-0.3, -0.25) is 4.57 Å². The molecule has 0 bridgehead atoms. The number of aromatic nitrogens is 4. The van der Waals surface area contributed by atoms with Crippen LogP contribution in [0.2, 0.25) is 0 Å². The van der Waals surface area contributed by atoms with Gasteiger partial charge in [0, 0.05) is 12.1 Å². The van der Waals surface area contributed by atoms with Crippen LogP contribution in [-0.4, -0.2) is 71.2 Å². The molecule has 14 nitrogen and oxygen atoms in total. The molecule has 0 spiro atoms. The summed E-state index contributed by atoms with van der Waals surface area (Å²) in [7, 11) is 0. The van der Waals surface area contributed by atoms with Crippen LogP contribution in [0.5, 0.6) is 0 Å². The number of aliphatic hydroxyl groups is 3. The molecule has 0 aliphatic carbocycles. The summed E-state index contributed by atoms with van der Waals surface area (Å²) in [5, 5.41) is 52.9. The Bertz CT molecular complexity index is 1090. The second-order valence-corrected chi connectivity index (χ2v) is 6.76. The van der Waals surface area contributed by atoms with E-state index in [-0.39, 0.29) is 28.6 Å². The molecule has 2 aromatic heterocycles. The van der Waals surface area contributed by atoms with Crippen molar-refractivity contribution in [3.63, 3.8) is 0 Å². The Labute approximate surface area is 174 Å². The Balaban J connectivity index is 1.66. The number of imidazole rings is 1. The molecule has 1 saturated heterocycles. The van der Waals surface area contributed by atoms with Crippen LogP contribution in [0.15, 0.2) is 35.7 Å². The van der Waals surface area contributed by atoms with E-state index in [0.717, 1.165) is 0 Å². The third-order valence-corrected chi connectivity index (χ3v) is 4.81. The number of ether oxygens (including phenoxy) is 1. The molecule has 31 heavy (non-hydrogen) atoms. The largest absolute Gasteiger partial charge is 0.595 e. The number of rotatable bonds is 6. The summed E-state index contributed by atoms with van der Waals surface area (Å²) in [4.78, 5) is 12.3. The molecule has 1 aliphatic rings. The average Bonchev–Trinajstić information content (AvgIpc) is 3.26. The van der Waals surface area contributed by atoms with Crippen molar-refractivity contribution in [2.75, 3.05) is 17.8 Å². The molecule has 164 valence electrons. The third-order valence-electron chi connectivity index (χ3n) is 4.81. The van der Waals surface area contributed by atoms with Gasteiger partial charge in [-0.1, -0.05) is 0 Å². The minimum Gasteiger partial charge on any atom is -0.595 e. The summed E-state index contributed by atoms with van der Waals surface area (Å²) in [5.74, 6) is 0.183. The number of nitrogens with one attached hydrogen (secondary N) is 2. The van der Waals surface area contributed by atoms with E-state index in [4.69, 9.17) is 15.7 Å². The van der Waals surface area contributed by atoms with Crippen LogP contribution >= 0.6 is 0 Å². The van der Waals surface area contributed by atoms with Crippen molar-refractivity contribution in [2.24, 2.45) is 5.10 Å². The molecule has 0 amide bonds. The third kappa shape index (κ3) is 3.91. The number of nitrogens with two attached hydrogens (primary N) is 1. The first-order valence-electron chi connectivity index (χ1n) is 9.14. The molecular weight excluding hydrogens is 412 g/mol. The number of benzene rings is 1. The van der Waals surface area contributed by atoms with Crippen LogP contribution in [0.1, 0.15) is 11.8 Å². The number of nitrogens with zero attached hydrogens (tertiary/aromatic N) is 5. The van der Waals surface area contributed by atoms with Crippen molar-refractivity contribution in [2.45, 2.75) is 24.5 Å². The molecule has 8 N–H and O–H groups in total. The quantitative estimate of drug-likeness (QED) is 0.165. The molecule has 4 rings (SSSR count). The first-order valence-corrected chi connectivity index (χ1v) is 9.14. The summed E-state index contributed by atoms with van der Waals surface area (Å²) in [6, 6.07) is 6.03. The summed E-state index contributed by atoms with van der Waals surface area (Å²) in [6.45, 7) is -0.494. The van der Waals surface area contributed by atoms with Gasteiger partial charge in [-0.15, -0.1) is 0 Å². The van der Waals surface area contributed by atoms with E-state index in [1.807, 2.05) is 0 Å². The highest BCUT2D eigenvalue weighted by atomic mass is 16.8. The summed E-state index contributed by atoms with van der Waals surface area (Å²) in [5.41, 5.74) is 9.80. The zero-order valence-corrected chi connectivity index (χ0v) is 15.9. The molecule has 1 aromatic carbocycles. The van der Waals surface area contributed by atoms with Gasteiger partial charge in [-0.2, -0.15) is 10.3 Å². The van der Waals surface area contributed by atoms with Crippen molar-refractivity contribution in [3.05, 3.63) is 41.4 Å². The Morgan fingerprint density at radius 3 is 2.65 bits per heavy atom. The molecule has 1 unspecified atom stereocenters. The molecule has 3 heterocycles. The van der Waals surface area contributed by atoms with Crippen molar-refractivity contribution < 1.29 is 30.5 Å². The molecule has 1 aliphatic heterocycles. The van der Waals surface area contributed by atoms with E-state index >= 15 is 0 Å². The predicted molar refractivity (Wildman–Crippen MR) is 106 cm³/mol. The van der Waals surface area contributed by atoms with Gasteiger partial charge in [0.05, 0.1) is 12.8 Å². The number of aliphatic hydroxyl groups excluding tert-OH is 3. The van der Waals surface area contributed by atoms with Crippen LogP contribution in [0.3, 0.4) is 0 Å². The van der Waals surface area contributed by atoms with Crippen LogP contribution in [0, 0.1) is 5.21 Å². The van der Waals surface area contributed by atoms with E-state index < -0.39 is 36.4 Å². The van der Waals surface area contributed by atoms with Gasteiger partial charge in [0.15, 0.2) is 28.9 Å². The van der Waals surface area contributed by atoms with E-state index in [1.54, 1.807) is 12.1 Å². The van der Waals surface area contributed by atoms with Gasteiger partial charge in [0.25, 0.3) is 0 Å². The monoisotopic (exact) mass is 432 g/mol. The molecule has 0 radical (unpaired) electrons. The number of anilines is 2. The second-order valence-electron chi connectivity index (χ2n) is 6.76. The van der Waals surface area contributed by atoms with Gasteiger partial charge in [-0.05, 0) is 17.7 Å². The maximum atomic E-state index is 10.9. The number of quaternary nitrogens is 1. The van der Waals surface area contributed by atoms with Crippen molar-refractivity contribution in [1.82, 2.24) is 19.5 Å². The van der Waals surface area contributed by atoms with Gasteiger partial charge in [0.2, 0.25) is 5.95 Å². The van der Waals surface area contributed by atoms with E-state index in [0.29, 0.717) is 5.56 Å². The fraction of sp³-hybridized carbons (Fsp3) is 0.294. The summed E-state index contributed by atoms with van der Waals surface area (Å²) < 4.78 is 6.96. The second kappa shape index (κ2) is 8.48. The topological polar surface area (TPSA) is 212 Å². The van der Waals surface area contributed by atoms with Crippen molar-refractivity contribution in [1.29, 1.82) is 0 Å². The van der Waals surface area contributed by atoms with Crippen LogP contribution in [0.25, 0.3) is 11.2 Å². The predicted octanol–water partition coefficient (Wildman–Crippen LogP) is -2.13. The lowest BCUT2D eigenvalue weighted by Gasteiger charge is -2.18. The van der Waals surface area contributed by atoms with Gasteiger partial charge in [0.1, 0.15) is 24.6 Å². The normalized spacial score (nSPS) is 24.8. The highest BCUT2D eigenvalue weighted by Gasteiger charge is 2.45. The first kappa shape index (κ1) is 21.0. The number of nitrogen functional groups attached to an aromatic ring is 1. The molecule has 5 atom stereocenters. The molecule has 3 aromatic rings. The number of hydrogen-bond donors (Lipinski definition) is 7. The lowest BCUT2D eigenvalue weighted by molar-refractivity contribution is -0.991. The standard InChI is InChI=1S/C17H20N8O6/c18-14-11-15(20-7-19-14)24(16-13(28)12(27)10(6-26)31-16)17(22-11)23-21-5-8-1-3-9(4-2-8)25(29)30/h1-5,7,10,12-13,16,25-29H,6H2,(H,22,23)(H2,18,19,20)/t10-,12+,13+,16-/m0/s1. The molecule has 0 saturated carbocycles. The zero-order valence-electron chi connectivity index (χ0n) is 15.9. The maximum absolute atomic E-state index is 10.9. The van der Waals surface area contributed by atoms with Crippen molar-refractivity contribution >= 4 is 34.8 Å². The van der Waals surface area contributed by atoms with Crippen molar-refractivity contribution in [3.8, 4) is 0 Å². The first-order chi connectivity index (χ1) is 14.9. The Hall–Kier alpha value is -3.24. The van der Waals surface area contributed by atoms with Crippen LogP contribution in [-0.2, 0) is 4.74 Å². The van der Waals surface area contributed by atoms with E-state index in [9.17, 15) is 20.5 Å². The number of hydrazone groups is 1. The maximum Gasteiger partial charge on any atom is 0.228 e. The molecule has 14 heteroatoms. The molecule has 1 fully saturated rings. The summed E-state index contributed by atoms with van der Waals surface area (Å²) in [6.07, 6.45) is -2.18. The minimum absolute atomic E-state index is 0.0896. The highest BCUT2D eigenvalue weighted by molar-refractivity contribution is 5.84. The lowest BCUT2D eigenvalue weighted by atomic mass is 10.1. The minimum atomic E-state index is -1.38. The van der Waals surface area contributed by atoms with E-state index in [2.05, 4.69) is 25.5 Å².